The Labute approximate surface area is 180 Å². The van der Waals surface area contributed by atoms with Crippen molar-refractivity contribution in [2.75, 3.05) is 18.5 Å². The average molecular weight is 430 g/mol. The quantitative estimate of drug-likeness (QED) is 0.341. The minimum absolute atomic E-state index is 0.0192. The fraction of sp³-hybridized carbons (Fsp3) is 0.364. The topological polar surface area (TPSA) is 117 Å². The van der Waals surface area contributed by atoms with Gasteiger partial charge in [0.2, 0.25) is 0 Å². The molecule has 0 saturated heterocycles. The Morgan fingerprint density at radius 3 is 2.42 bits per heavy atom. The van der Waals surface area contributed by atoms with Gasteiger partial charge in [-0.05, 0) is 44.0 Å². The summed E-state index contributed by atoms with van der Waals surface area (Å²) in [6.07, 6.45) is -1.18. The Kier molecular flexibility index (Phi) is 8.36. The smallest absolute Gasteiger partial charge is 0.339 e. The molecule has 31 heavy (non-hydrogen) atoms. The highest BCUT2D eigenvalue weighted by molar-refractivity contribution is 5.98. The van der Waals surface area contributed by atoms with Gasteiger partial charge in [-0.15, -0.1) is 0 Å². The number of nitro groups is 1. The second-order valence-corrected chi connectivity index (χ2v) is 7.11. The molecule has 1 N–H and O–H groups in total. The summed E-state index contributed by atoms with van der Waals surface area (Å²) in [5.74, 6) is -0.200. The first kappa shape index (κ1) is 23.7. The van der Waals surface area contributed by atoms with Crippen molar-refractivity contribution in [1.29, 1.82) is 0 Å². The van der Waals surface area contributed by atoms with Gasteiger partial charge in [0.25, 0.3) is 11.6 Å². The summed E-state index contributed by atoms with van der Waals surface area (Å²) in [5, 5.41) is 13.5. The maximum absolute atomic E-state index is 12.5. The molecular weight excluding hydrogens is 404 g/mol. The normalized spacial score (nSPS) is 11.5. The van der Waals surface area contributed by atoms with Crippen molar-refractivity contribution in [1.82, 2.24) is 0 Å². The van der Waals surface area contributed by atoms with E-state index in [2.05, 4.69) is 5.32 Å². The van der Waals surface area contributed by atoms with Crippen LogP contribution in [0.3, 0.4) is 0 Å². The molecule has 2 aromatic rings. The number of esters is 1. The molecule has 0 radical (unpaired) electrons. The number of hydrogen-bond donors (Lipinski definition) is 1. The summed E-state index contributed by atoms with van der Waals surface area (Å²) in [5.41, 5.74) is -0.0518. The van der Waals surface area contributed by atoms with Crippen LogP contribution in [0.2, 0.25) is 0 Å². The van der Waals surface area contributed by atoms with Crippen molar-refractivity contribution in [3.8, 4) is 11.5 Å². The first-order valence-corrected chi connectivity index (χ1v) is 9.87. The third-order valence-corrected chi connectivity index (χ3v) is 4.06. The zero-order chi connectivity index (χ0) is 23.0. The maximum atomic E-state index is 12.5. The van der Waals surface area contributed by atoms with E-state index in [1.54, 1.807) is 12.1 Å². The lowest BCUT2D eigenvalue weighted by Gasteiger charge is -2.16. The number of ether oxygens (including phenoxy) is 3. The number of rotatable bonds is 10. The molecule has 2 rings (SSSR count). The lowest BCUT2D eigenvalue weighted by atomic mass is 10.2. The molecule has 0 aromatic heterocycles. The van der Waals surface area contributed by atoms with Crippen LogP contribution in [0.25, 0.3) is 0 Å². The number of benzene rings is 2. The zero-order valence-corrected chi connectivity index (χ0v) is 17.9. The van der Waals surface area contributed by atoms with E-state index in [1.165, 1.54) is 37.3 Å². The fourth-order valence-electron chi connectivity index (χ4n) is 2.53. The Morgan fingerprint density at radius 2 is 1.77 bits per heavy atom. The minimum Gasteiger partial charge on any atom is -0.490 e. The summed E-state index contributed by atoms with van der Waals surface area (Å²) in [7, 11) is 0. The molecule has 0 aliphatic carbocycles. The summed E-state index contributed by atoms with van der Waals surface area (Å²) >= 11 is 0. The van der Waals surface area contributed by atoms with E-state index in [0.717, 1.165) is 0 Å². The first-order chi connectivity index (χ1) is 14.7. The van der Waals surface area contributed by atoms with Gasteiger partial charge in [0, 0.05) is 6.07 Å². The van der Waals surface area contributed by atoms with Gasteiger partial charge in [-0.1, -0.05) is 26.0 Å². The van der Waals surface area contributed by atoms with E-state index in [9.17, 15) is 19.7 Å². The average Bonchev–Trinajstić information content (AvgIpc) is 2.73. The van der Waals surface area contributed by atoms with E-state index < -0.39 is 22.9 Å². The zero-order valence-electron chi connectivity index (χ0n) is 17.9. The van der Waals surface area contributed by atoms with E-state index in [-0.39, 0.29) is 16.9 Å². The van der Waals surface area contributed by atoms with Gasteiger partial charge < -0.3 is 19.5 Å². The highest BCUT2D eigenvalue weighted by Gasteiger charge is 2.23. The molecule has 0 saturated carbocycles. The second kappa shape index (κ2) is 11.0. The molecule has 2 aromatic carbocycles. The number of carbonyl (C=O) groups is 2. The Hall–Kier alpha value is -3.62. The monoisotopic (exact) mass is 430 g/mol. The molecule has 1 amide bonds. The number of para-hydroxylation sites is 2. The van der Waals surface area contributed by atoms with Crippen molar-refractivity contribution in [2.45, 2.75) is 33.8 Å². The molecule has 1 atom stereocenters. The highest BCUT2D eigenvalue weighted by Crippen LogP contribution is 2.29. The molecule has 1 unspecified atom stereocenters. The Morgan fingerprint density at radius 1 is 1.06 bits per heavy atom. The van der Waals surface area contributed by atoms with E-state index in [4.69, 9.17) is 14.2 Å². The third kappa shape index (κ3) is 6.70. The molecule has 166 valence electrons. The van der Waals surface area contributed by atoms with Gasteiger partial charge in [0.05, 0.1) is 23.7 Å². The van der Waals surface area contributed by atoms with Crippen LogP contribution in [0, 0.1) is 16.0 Å². The number of anilines is 1. The Balaban J connectivity index is 2.09. The number of nitrogens with zero attached hydrogens (tertiary/aromatic N) is 1. The molecule has 0 aliphatic heterocycles. The van der Waals surface area contributed by atoms with E-state index >= 15 is 0 Å². The predicted molar refractivity (Wildman–Crippen MR) is 115 cm³/mol. The number of hydrogen-bond acceptors (Lipinski definition) is 7. The molecule has 0 aliphatic rings. The van der Waals surface area contributed by atoms with Crippen LogP contribution in [0.5, 0.6) is 11.5 Å². The van der Waals surface area contributed by atoms with Crippen LogP contribution in [0.15, 0.2) is 42.5 Å². The number of nitro benzene ring substituents is 1. The van der Waals surface area contributed by atoms with Gasteiger partial charge in [-0.25, -0.2) is 4.79 Å². The van der Waals surface area contributed by atoms with Crippen LogP contribution in [-0.4, -0.2) is 36.1 Å². The lowest BCUT2D eigenvalue weighted by Crippen LogP contribution is -2.30. The SMILES string of the molecule is CCOc1cc(C(=O)OC(C)C(=O)Nc2ccccc2[N+](=O)[O-])ccc1OCC(C)C. The van der Waals surface area contributed by atoms with Gasteiger partial charge in [0.15, 0.2) is 17.6 Å². The van der Waals surface area contributed by atoms with Crippen LogP contribution in [0.4, 0.5) is 11.4 Å². The lowest BCUT2D eigenvalue weighted by molar-refractivity contribution is -0.383. The van der Waals surface area contributed by atoms with E-state index in [0.29, 0.717) is 30.6 Å². The van der Waals surface area contributed by atoms with Crippen LogP contribution in [0.1, 0.15) is 38.1 Å². The molecular formula is C22H26N2O7. The Bertz CT molecular complexity index is 943. The highest BCUT2D eigenvalue weighted by atomic mass is 16.6. The van der Waals surface area contributed by atoms with Crippen LogP contribution < -0.4 is 14.8 Å². The molecule has 0 fully saturated rings. The van der Waals surface area contributed by atoms with Gasteiger partial charge >= 0.3 is 5.97 Å². The second-order valence-electron chi connectivity index (χ2n) is 7.11. The van der Waals surface area contributed by atoms with Crippen molar-refractivity contribution in [3.05, 3.63) is 58.1 Å². The van der Waals surface area contributed by atoms with Gasteiger partial charge in [-0.3, -0.25) is 14.9 Å². The van der Waals surface area contributed by atoms with Crippen LogP contribution >= 0.6 is 0 Å². The minimum atomic E-state index is -1.18. The first-order valence-electron chi connectivity index (χ1n) is 9.87. The van der Waals surface area contributed by atoms with Gasteiger partial charge in [-0.2, -0.15) is 0 Å². The summed E-state index contributed by atoms with van der Waals surface area (Å²) in [6, 6.07) is 10.3. The van der Waals surface area contributed by atoms with Crippen molar-refractivity contribution >= 4 is 23.3 Å². The number of amides is 1. The summed E-state index contributed by atoms with van der Waals surface area (Å²) in [4.78, 5) is 35.4. The predicted octanol–water partition coefficient (Wildman–Crippen LogP) is 4.21. The van der Waals surface area contributed by atoms with Crippen molar-refractivity contribution < 1.29 is 28.7 Å². The van der Waals surface area contributed by atoms with E-state index in [1.807, 2.05) is 20.8 Å². The largest absolute Gasteiger partial charge is 0.490 e. The number of carbonyl (C=O) groups excluding carboxylic acids is 2. The molecule has 0 spiro atoms. The summed E-state index contributed by atoms with van der Waals surface area (Å²) < 4.78 is 16.5. The van der Waals surface area contributed by atoms with Crippen molar-refractivity contribution in [2.24, 2.45) is 5.92 Å². The molecule has 9 nitrogen and oxygen atoms in total. The maximum Gasteiger partial charge on any atom is 0.339 e. The third-order valence-electron chi connectivity index (χ3n) is 4.06. The molecule has 0 heterocycles. The van der Waals surface area contributed by atoms with Crippen LogP contribution in [-0.2, 0) is 9.53 Å². The molecule has 0 bridgehead atoms. The molecule has 9 heteroatoms. The fourth-order valence-corrected chi connectivity index (χ4v) is 2.53. The summed E-state index contributed by atoms with van der Waals surface area (Å²) in [6.45, 7) is 8.10. The number of nitrogens with one attached hydrogen (secondary N) is 1. The standard InChI is InChI=1S/C22H26N2O7/c1-5-29-20-12-16(10-11-19(20)30-13-14(2)3)22(26)31-15(4)21(25)23-17-8-6-7-9-18(17)24(27)28/h6-12,14-15H,5,13H2,1-4H3,(H,23,25). The van der Waals surface area contributed by atoms with Gasteiger partial charge in [0.1, 0.15) is 5.69 Å². The van der Waals surface area contributed by atoms with Crippen molar-refractivity contribution in [3.63, 3.8) is 0 Å².